The van der Waals surface area contributed by atoms with Crippen LogP contribution < -0.4 is 33.8 Å². The first-order valence-electron chi connectivity index (χ1n) is 7.55. The van der Waals surface area contributed by atoms with Crippen molar-refractivity contribution in [3.8, 4) is 0 Å². The van der Waals surface area contributed by atoms with Crippen molar-refractivity contribution in [3.05, 3.63) is 47.0 Å². The highest BCUT2D eigenvalue weighted by atomic mass is 35.5. The lowest BCUT2D eigenvalue weighted by Crippen LogP contribution is -3.00. The first kappa shape index (κ1) is 19.6. The van der Waals surface area contributed by atoms with E-state index in [-0.39, 0.29) is 12.4 Å². The second kappa shape index (κ2) is 8.98. The van der Waals surface area contributed by atoms with E-state index < -0.39 is 6.09 Å². The molecule has 24 heavy (non-hydrogen) atoms. The maximum absolute atomic E-state index is 11.4. The van der Waals surface area contributed by atoms with Gasteiger partial charge in [-0.2, -0.15) is 0 Å². The molecule has 0 atom stereocenters. The molecule has 1 aromatic heterocycles. The van der Waals surface area contributed by atoms with Crippen LogP contribution in [0.4, 0.5) is 22.1 Å². The fourth-order valence-electron chi connectivity index (χ4n) is 2.18. The zero-order valence-electron chi connectivity index (χ0n) is 14.1. The predicted octanol–water partition coefficient (Wildman–Crippen LogP) is -0.116. The summed E-state index contributed by atoms with van der Waals surface area (Å²) in [6, 6.07) is 9.91. The minimum Gasteiger partial charge on any atom is -1.00 e. The number of amides is 1. The van der Waals surface area contributed by atoms with Gasteiger partial charge in [0.15, 0.2) is 0 Å². The summed E-state index contributed by atoms with van der Waals surface area (Å²) in [6.07, 6.45) is -0.524. The molecule has 1 heterocycles. The number of aromatic nitrogens is 1. The lowest BCUT2D eigenvalue weighted by atomic mass is 10.1. The van der Waals surface area contributed by atoms with Crippen molar-refractivity contribution in [1.82, 2.24) is 0 Å². The molecule has 0 bridgehead atoms. The Kier molecular flexibility index (Phi) is 7.32. The van der Waals surface area contributed by atoms with Crippen molar-refractivity contribution in [2.45, 2.75) is 27.3 Å². The first-order chi connectivity index (χ1) is 11.0. The Morgan fingerprint density at radius 1 is 1.25 bits per heavy atom. The molecule has 0 aliphatic carbocycles. The number of hydrogen-bond donors (Lipinski definition) is 3. The Bertz CT molecular complexity index is 707. The van der Waals surface area contributed by atoms with Gasteiger partial charge in [-0.3, -0.25) is 5.32 Å². The molecular formula is C17H23ClN4O2. The number of nitrogen functional groups attached to an aromatic ring is 1. The summed E-state index contributed by atoms with van der Waals surface area (Å²) in [5.74, 6) is 1.14. The van der Waals surface area contributed by atoms with Crippen LogP contribution in [0.25, 0.3) is 0 Å². The fourth-order valence-corrected chi connectivity index (χ4v) is 2.18. The van der Waals surface area contributed by atoms with E-state index >= 15 is 0 Å². The van der Waals surface area contributed by atoms with Crippen molar-refractivity contribution in [1.29, 1.82) is 0 Å². The number of aromatic amines is 1. The van der Waals surface area contributed by atoms with E-state index in [1.54, 1.807) is 13.0 Å². The number of benzene rings is 1. The van der Waals surface area contributed by atoms with Crippen LogP contribution in [0.15, 0.2) is 30.3 Å². The van der Waals surface area contributed by atoms with Crippen molar-refractivity contribution < 1.29 is 26.9 Å². The number of hydrogen-bond acceptors (Lipinski definition) is 4. The molecule has 1 amide bonds. The van der Waals surface area contributed by atoms with E-state index in [9.17, 15) is 4.79 Å². The zero-order chi connectivity index (χ0) is 16.8. The van der Waals surface area contributed by atoms with E-state index in [1.165, 1.54) is 16.7 Å². The smallest absolute Gasteiger partial charge is 0.411 e. The van der Waals surface area contributed by atoms with Gasteiger partial charge in [-0.25, -0.2) is 9.78 Å². The van der Waals surface area contributed by atoms with Crippen LogP contribution >= 0.6 is 0 Å². The van der Waals surface area contributed by atoms with Crippen LogP contribution in [0, 0.1) is 13.8 Å². The first-order valence-corrected chi connectivity index (χ1v) is 7.55. The molecule has 6 nitrogen and oxygen atoms in total. The maximum Gasteiger partial charge on any atom is 0.411 e. The molecule has 7 heteroatoms. The molecule has 0 unspecified atom stereocenters. The molecule has 0 saturated heterocycles. The van der Waals surface area contributed by atoms with Crippen LogP contribution in [0.1, 0.15) is 23.6 Å². The normalized spacial score (nSPS) is 9.79. The second-order valence-electron chi connectivity index (χ2n) is 5.33. The summed E-state index contributed by atoms with van der Waals surface area (Å²) >= 11 is 0. The van der Waals surface area contributed by atoms with Gasteiger partial charge in [0, 0.05) is 6.07 Å². The number of carbonyl (C=O) groups is 1. The van der Waals surface area contributed by atoms with Crippen molar-refractivity contribution >= 4 is 23.4 Å². The number of anilines is 3. The highest BCUT2D eigenvalue weighted by Crippen LogP contribution is 2.16. The van der Waals surface area contributed by atoms with E-state index in [2.05, 4.69) is 47.7 Å². The largest absolute Gasteiger partial charge is 1.00 e. The average molecular weight is 351 g/mol. The standard InChI is InChI=1S/C17H22N4O2.ClH/c1-4-23-17(22)20-14-7-8-15(21-16(14)18)19-10-13-9-11(2)5-6-12(13)3;/h5-9H,4,10H2,1-3H3,(H,20,22)(H3,18,19,21);1H. The zero-order valence-corrected chi connectivity index (χ0v) is 14.8. The van der Waals surface area contributed by atoms with Crippen molar-refractivity contribution in [2.24, 2.45) is 0 Å². The Balaban J connectivity index is 0.00000288. The number of nitrogens with two attached hydrogens (primary N) is 1. The van der Waals surface area contributed by atoms with Gasteiger partial charge in [-0.15, -0.1) is 0 Å². The van der Waals surface area contributed by atoms with Crippen molar-refractivity contribution in [2.75, 3.05) is 23.0 Å². The molecule has 0 aliphatic rings. The van der Waals surface area contributed by atoms with Crippen LogP contribution in [-0.4, -0.2) is 12.7 Å². The summed E-state index contributed by atoms with van der Waals surface area (Å²) in [4.78, 5) is 14.4. The lowest BCUT2D eigenvalue weighted by molar-refractivity contribution is -0.342. The van der Waals surface area contributed by atoms with E-state index in [4.69, 9.17) is 10.5 Å². The topological polar surface area (TPSA) is 90.5 Å². The molecule has 2 rings (SSSR count). The molecule has 2 aromatic rings. The van der Waals surface area contributed by atoms with Crippen LogP contribution in [0.3, 0.4) is 0 Å². The summed E-state index contributed by atoms with van der Waals surface area (Å²) in [7, 11) is 0. The molecule has 0 aliphatic heterocycles. The number of pyridine rings is 1. The highest BCUT2D eigenvalue weighted by Gasteiger charge is 2.11. The Morgan fingerprint density at radius 3 is 2.67 bits per heavy atom. The molecule has 0 fully saturated rings. The Labute approximate surface area is 148 Å². The highest BCUT2D eigenvalue weighted by molar-refractivity contribution is 5.87. The van der Waals surface area contributed by atoms with E-state index in [0.29, 0.717) is 24.7 Å². The molecule has 0 spiro atoms. The number of rotatable bonds is 5. The maximum atomic E-state index is 11.4. The van der Waals surface area contributed by atoms with Gasteiger partial charge in [0.25, 0.3) is 0 Å². The van der Waals surface area contributed by atoms with Gasteiger partial charge in [-0.1, -0.05) is 23.8 Å². The number of H-pyrrole nitrogens is 1. The molecule has 0 radical (unpaired) electrons. The van der Waals surface area contributed by atoms with Gasteiger partial charge in [0.2, 0.25) is 11.6 Å². The predicted molar refractivity (Wildman–Crippen MR) is 91.3 cm³/mol. The quantitative estimate of drug-likeness (QED) is 0.701. The van der Waals surface area contributed by atoms with Crippen LogP contribution in [0.2, 0.25) is 0 Å². The summed E-state index contributed by atoms with van der Waals surface area (Å²) < 4.78 is 4.83. The van der Waals surface area contributed by atoms with Gasteiger partial charge in [0.05, 0.1) is 13.2 Å². The van der Waals surface area contributed by atoms with Gasteiger partial charge >= 0.3 is 6.09 Å². The molecule has 130 valence electrons. The number of halogens is 1. The van der Waals surface area contributed by atoms with E-state index in [1.807, 2.05) is 6.07 Å². The summed E-state index contributed by atoms with van der Waals surface area (Å²) in [5, 5.41) is 5.88. The van der Waals surface area contributed by atoms with E-state index in [0.717, 1.165) is 5.82 Å². The number of aryl methyl sites for hydroxylation is 2. The summed E-state index contributed by atoms with van der Waals surface area (Å²) in [5.41, 5.74) is 10.1. The molecular weight excluding hydrogens is 328 g/mol. The van der Waals surface area contributed by atoms with Crippen molar-refractivity contribution in [3.63, 3.8) is 0 Å². The van der Waals surface area contributed by atoms with Gasteiger partial charge in [-0.05, 0) is 38.0 Å². The molecule has 0 saturated carbocycles. The van der Waals surface area contributed by atoms with Gasteiger partial charge < -0.3 is 28.2 Å². The minimum absolute atomic E-state index is 0. The SMILES string of the molecule is CCOC(=O)Nc1ccc(NCc2cc(C)ccc2C)[nH+]c1N.[Cl-]. The third-order valence-electron chi connectivity index (χ3n) is 3.46. The summed E-state index contributed by atoms with van der Waals surface area (Å²) in [6.45, 7) is 6.90. The molecule has 5 N–H and O–H groups in total. The Morgan fingerprint density at radius 2 is 2.00 bits per heavy atom. The number of nitrogens with one attached hydrogen (secondary N) is 3. The monoisotopic (exact) mass is 350 g/mol. The average Bonchev–Trinajstić information content (AvgIpc) is 2.51. The molecule has 1 aromatic carbocycles. The third kappa shape index (κ3) is 5.31. The minimum atomic E-state index is -0.524. The van der Waals surface area contributed by atoms with Crippen LogP contribution in [0.5, 0.6) is 0 Å². The lowest BCUT2D eigenvalue weighted by Gasteiger charge is -2.09. The Hall–Kier alpha value is -2.47. The third-order valence-corrected chi connectivity index (χ3v) is 3.46. The second-order valence-corrected chi connectivity index (χ2v) is 5.33. The van der Waals surface area contributed by atoms with Crippen LogP contribution in [-0.2, 0) is 11.3 Å². The number of ether oxygens (including phenoxy) is 1. The van der Waals surface area contributed by atoms with Gasteiger partial charge in [0.1, 0.15) is 5.69 Å². The fraction of sp³-hybridized carbons (Fsp3) is 0.294. The number of carbonyl (C=O) groups excluding carboxylic acids is 1.